The Hall–Kier alpha value is -6.32. The third kappa shape index (κ3) is 11.5. The van der Waals surface area contributed by atoms with Crippen molar-refractivity contribution in [1.82, 2.24) is 39.3 Å². The van der Waals surface area contributed by atoms with Gasteiger partial charge >= 0.3 is 0 Å². The topological polar surface area (TPSA) is 204 Å². The van der Waals surface area contributed by atoms with Crippen LogP contribution in [-0.4, -0.2) is 77.3 Å². The molecule has 62 heavy (non-hydrogen) atoms. The largest absolute Gasteiger partial charge is 0.382 e. The summed E-state index contributed by atoms with van der Waals surface area (Å²) in [5.41, 5.74) is 17.9. The molecule has 3 heterocycles. The number of nitrogen functional groups attached to an aromatic ring is 2. The normalized spacial score (nSPS) is 11.8. The van der Waals surface area contributed by atoms with E-state index in [1.54, 1.807) is 54.6 Å². The number of azo groups is 2. The lowest BCUT2D eigenvalue weighted by Gasteiger charge is -2.22. The van der Waals surface area contributed by atoms with Crippen molar-refractivity contribution in [3.8, 4) is 11.6 Å². The highest BCUT2D eigenvalue weighted by Gasteiger charge is 2.24. The van der Waals surface area contributed by atoms with E-state index in [2.05, 4.69) is 58.1 Å². The number of benzene rings is 2. The summed E-state index contributed by atoms with van der Waals surface area (Å²) >= 11 is 0. The minimum atomic E-state index is -0.0442. The van der Waals surface area contributed by atoms with Crippen molar-refractivity contribution in [3.63, 3.8) is 0 Å². The Kier molecular flexibility index (Phi) is 17.0. The third-order valence-electron chi connectivity index (χ3n) is 10.5. The van der Waals surface area contributed by atoms with Gasteiger partial charge in [-0.3, -0.25) is 9.59 Å². The molecule has 0 bridgehead atoms. The lowest BCUT2D eigenvalue weighted by atomic mass is 10.1. The number of nitrogens with two attached hydrogens (primary N) is 2. The molecule has 3 aromatic heterocycles. The van der Waals surface area contributed by atoms with Crippen molar-refractivity contribution >= 4 is 46.2 Å². The van der Waals surface area contributed by atoms with Crippen LogP contribution in [0.5, 0.6) is 0 Å². The van der Waals surface area contributed by atoms with Crippen LogP contribution < -0.4 is 11.5 Å². The Balaban J connectivity index is 1.38. The second-order valence-electron chi connectivity index (χ2n) is 16.1. The maximum absolute atomic E-state index is 13.3. The number of nitrogens with zero attached hydrogens (tertiary/aromatic N) is 12. The van der Waals surface area contributed by atoms with Crippen molar-refractivity contribution < 1.29 is 9.59 Å². The minimum absolute atomic E-state index is 0.0214. The molecule has 0 saturated carbocycles. The third-order valence-corrected chi connectivity index (χ3v) is 10.5. The molecule has 2 aromatic carbocycles. The molecule has 4 N–H and O–H groups in total. The summed E-state index contributed by atoms with van der Waals surface area (Å²) in [6.07, 6.45) is 9.37. The average molecular weight is 845 g/mol. The summed E-state index contributed by atoms with van der Waals surface area (Å²) in [6.45, 7) is 19.5. The van der Waals surface area contributed by atoms with Gasteiger partial charge in [0.15, 0.2) is 34.6 Å². The van der Waals surface area contributed by atoms with Gasteiger partial charge in [-0.05, 0) is 86.1 Å². The summed E-state index contributed by atoms with van der Waals surface area (Å²) in [5, 5.41) is 27.7. The first-order valence-corrected chi connectivity index (χ1v) is 22.1. The number of rotatable bonds is 22. The Morgan fingerprint density at radius 2 is 0.903 bits per heavy atom. The standard InChI is InChI=1S/C46H64N14O2/c1-9-13-25-57(26-14-10-2)45(61)33-17-21-35(22-18-33)51-53-41-39(31(5)6)55-59(43(41)47)37-29-38(50-30-49-37)60-44(48)42(40(56-60)32(7)8)54-52-36-23-19-34(20-24-36)46(62)58(27-15-11-3)28-16-12-4/h17-24,29-32H,9-16,25-28,47-48H2,1-8H3/b53-51+,54-52+. The van der Waals surface area contributed by atoms with Crippen LogP contribution in [0.25, 0.3) is 11.6 Å². The summed E-state index contributed by atoms with van der Waals surface area (Å²) in [7, 11) is 0. The molecule has 330 valence electrons. The van der Waals surface area contributed by atoms with Gasteiger partial charge in [-0.2, -0.15) is 29.8 Å². The van der Waals surface area contributed by atoms with E-state index >= 15 is 0 Å². The van der Waals surface area contributed by atoms with Crippen LogP contribution in [0.1, 0.15) is 151 Å². The predicted molar refractivity (Wildman–Crippen MR) is 246 cm³/mol. The van der Waals surface area contributed by atoms with Crippen molar-refractivity contribution in [1.29, 1.82) is 0 Å². The van der Waals surface area contributed by atoms with Crippen LogP contribution in [-0.2, 0) is 0 Å². The maximum Gasteiger partial charge on any atom is 0.253 e. The number of amides is 2. The number of carbonyl (C=O) groups excluding carboxylic acids is 2. The average Bonchev–Trinajstić information content (AvgIpc) is 3.80. The van der Waals surface area contributed by atoms with Crippen molar-refractivity contribution in [2.75, 3.05) is 37.6 Å². The number of anilines is 2. The second-order valence-corrected chi connectivity index (χ2v) is 16.1. The van der Waals surface area contributed by atoms with Gasteiger partial charge in [0.25, 0.3) is 11.8 Å². The van der Waals surface area contributed by atoms with E-state index in [-0.39, 0.29) is 35.3 Å². The molecule has 0 aliphatic rings. The van der Waals surface area contributed by atoms with Gasteiger partial charge in [0.05, 0.1) is 22.8 Å². The van der Waals surface area contributed by atoms with E-state index in [4.69, 9.17) is 21.7 Å². The van der Waals surface area contributed by atoms with Gasteiger partial charge < -0.3 is 21.3 Å². The smallest absolute Gasteiger partial charge is 0.253 e. The summed E-state index contributed by atoms with van der Waals surface area (Å²) in [4.78, 5) is 39.4. The SMILES string of the molecule is CCCCN(CCCC)C(=O)c1ccc(/N=N/c2c(C(C)C)nn(-c3cc(-n4nc(C(C)C)c(/N=N/c5ccc(C(=O)N(CCCC)CCCC)cc5)c4N)ncn3)c2N)cc1. The van der Waals surface area contributed by atoms with Crippen LogP contribution in [0.15, 0.2) is 81.4 Å². The molecule has 16 heteroatoms. The van der Waals surface area contributed by atoms with Gasteiger partial charge in [0.2, 0.25) is 0 Å². The fraction of sp³-hybridized carbons (Fsp3) is 0.478. The zero-order valence-corrected chi connectivity index (χ0v) is 37.8. The Morgan fingerprint density at radius 1 is 0.565 bits per heavy atom. The molecule has 5 aromatic rings. The van der Waals surface area contributed by atoms with Gasteiger partial charge in [0.1, 0.15) is 6.33 Å². The highest BCUT2D eigenvalue weighted by atomic mass is 16.2. The molecule has 2 amide bonds. The molecule has 0 fully saturated rings. The maximum atomic E-state index is 13.3. The number of unbranched alkanes of at least 4 members (excludes halogenated alkanes) is 4. The van der Waals surface area contributed by atoms with E-state index in [9.17, 15) is 9.59 Å². The highest BCUT2D eigenvalue weighted by molar-refractivity contribution is 5.95. The van der Waals surface area contributed by atoms with Crippen molar-refractivity contribution in [2.45, 2.75) is 119 Å². The van der Waals surface area contributed by atoms with E-state index in [1.165, 1.54) is 15.7 Å². The van der Waals surface area contributed by atoms with Gasteiger partial charge in [-0.25, -0.2) is 9.97 Å². The molecule has 0 atom stereocenters. The molecular formula is C46H64N14O2. The number of hydrogen-bond donors (Lipinski definition) is 2. The molecule has 0 spiro atoms. The second kappa shape index (κ2) is 22.5. The fourth-order valence-electron chi connectivity index (χ4n) is 6.73. The molecule has 16 nitrogen and oxygen atoms in total. The van der Waals surface area contributed by atoms with Crippen molar-refractivity contribution in [2.24, 2.45) is 20.5 Å². The zero-order chi connectivity index (χ0) is 44.8. The van der Waals surface area contributed by atoms with Gasteiger partial charge in [0, 0.05) is 43.4 Å². The molecule has 0 aliphatic carbocycles. The predicted octanol–water partition coefficient (Wildman–Crippen LogP) is 11.2. The van der Waals surface area contributed by atoms with E-state index in [1.807, 2.05) is 37.5 Å². The molecule has 0 saturated heterocycles. The number of hydrogen-bond acceptors (Lipinski definition) is 12. The molecule has 0 aliphatic heterocycles. The van der Waals surface area contributed by atoms with Crippen LogP contribution in [0.3, 0.4) is 0 Å². The summed E-state index contributed by atoms with van der Waals surface area (Å²) in [6, 6.07) is 16.0. The molecular weight excluding hydrogens is 781 g/mol. The van der Waals surface area contributed by atoms with Crippen molar-refractivity contribution in [3.05, 3.63) is 83.4 Å². The summed E-state index contributed by atoms with van der Waals surface area (Å²) in [5.74, 6) is 1.18. The monoisotopic (exact) mass is 845 g/mol. The lowest BCUT2D eigenvalue weighted by molar-refractivity contribution is 0.0743. The van der Waals surface area contributed by atoms with Crippen LogP contribution in [0, 0.1) is 0 Å². The quantitative estimate of drug-likeness (QED) is 0.0640. The van der Waals surface area contributed by atoms with Crippen LogP contribution >= 0.6 is 0 Å². The minimum Gasteiger partial charge on any atom is -0.382 e. The molecule has 5 rings (SSSR count). The highest BCUT2D eigenvalue weighted by Crippen LogP contribution is 2.37. The Labute approximate surface area is 365 Å². The van der Waals surface area contributed by atoms with E-state index in [0.29, 0.717) is 56.9 Å². The van der Waals surface area contributed by atoms with E-state index in [0.717, 1.165) is 77.5 Å². The van der Waals surface area contributed by atoms with E-state index < -0.39 is 0 Å². The fourth-order valence-corrected chi connectivity index (χ4v) is 6.73. The first-order valence-electron chi connectivity index (χ1n) is 22.1. The Morgan fingerprint density at radius 3 is 1.21 bits per heavy atom. The summed E-state index contributed by atoms with van der Waals surface area (Å²) < 4.78 is 3.01. The molecule has 0 radical (unpaired) electrons. The molecule has 0 unspecified atom stereocenters. The first-order chi connectivity index (χ1) is 29.9. The number of carbonyl (C=O) groups is 2. The Bertz CT molecular complexity index is 2120. The first kappa shape index (κ1) is 46.7. The lowest BCUT2D eigenvalue weighted by Crippen LogP contribution is -2.32. The zero-order valence-electron chi connectivity index (χ0n) is 37.8. The van der Waals surface area contributed by atoms with Gasteiger partial charge in [-0.15, -0.1) is 10.2 Å². The van der Waals surface area contributed by atoms with Crippen LogP contribution in [0.4, 0.5) is 34.4 Å². The van der Waals surface area contributed by atoms with Crippen LogP contribution in [0.2, 0.25) is 0 Å². The van der Waals surface area contributed by atoms with Gasteiger partial charge in [-0.1, -0.05) is 81.1 Å². The number of aromatic nitrogens is 6.